The summed E-state index contributed by atoms with van der Waals surface area (Å²) in [5, 5.41) is 134. The molecule has 18 unspecified atom stereocenters. The Bertz CT molecular complexity index is 1050. The molecule has 1 saturated carbocycles. The van der Waals surface area contributed by atoms with Gasteiger partial charge in [-0.2, -0.15) is 0 Å². The number of carbonyl (C=O) groups is 2. The summed E-state index contributed by atoms with van der Waals surface area (Å²) in [5.74, 6) is -0.738. The third-order valence-corrected chi connectivity index (χ3v) is 8.59. The molecule has 1 amide bonds. The van der Waals surface area contributed by atoms with Crippen molar-refractivity contribution in [3.8, 4) is 0 Å². The van der Waals surface area contributed by atoms with Crippen LogP contribution >= 0.6 is 0 Å². The number of amides is 1. The lowest BCUT2D eigenvalue weighted by Gasteiger charge is -2.47. The average molecular weight is 688 g/mol. The highest BCUT2D eigenvalue weighted by atomic mass is 16.7. The predicted molar refractivity (Wildman–Crippen MR) is 149 cm³/mol. The second-order valence-electron chi connectivity index (χ2n) is 11.9. The van der Waals surface area contributed by atoms with Gasteiger partial charge in [-0.05, 0) is 17.9 Å². The van der Waals surface area contributed by atoms with Crippen molar-refractivity contribution in [3.63, 3.8) is 0 Å². The van der Waals surface area contributed by atoms with Crippen molar-refractivity contribution in [3.05, 3.63) is 11.6 Å². The van der Waals surface area contributed by atoms with Crippen LogP contribution in [0.25, 0.3) is 0 Å². The van der Waals surface area contributed by atoms with Crippen LogP contribution in [-0.2, 0) is 23.7 Å². The molecule has 3 aliphatic rings. The molecular weight excluding hydrogens is 642 g/mol. The van der Waals surface area contributed by atoms with E-state index < -0.39 is 136 Å². The molecule has 18 atom stereocenters. The Morgan fingerprint density at radius 3 is 2.17 bits per heavy atom. The van der Waals surface area contributed by atoms with Crippen LogP contribution in [0.15, 0.2) is 11.6 Å². The molecule has 20 heteroatoms. The van der Waals surface area contributed by atoms with Crippen LogP contribution in [0.3, 0.4) is 0 Å². The van der Waals surface area contributed by atoms with Gasteiger partial charge < -0.3 is 95.4 Å². The van der Waals surface area contributed by atoms with Crippen LogP contribution in [0.1, 0.15) is 13.3 Å². The number of aliphatic hydroxyl groups excluding tert-OH is 13. The number of nitrogens with one attached hydrogen (secondary N) is 1. The second-order valence-corrected chi connectivity index (χ2v) is 11.9. The first-order valence-electron chi connectivity index (χ1n) is 14.8. The molecule has 0 aromatic rings. The Kier molecular flexibility index (Phi) is 14.4. The molecule has 0 aromatic carbocycles. The lowest BCUT2D eigenvalue weighted by Crippen LogP contribution is -2.64. The highest BCUT2D eigenvalue weighted by molar-refractivity contribution is 5.68. The van der Waals surface area contributed by atoms with Crippen molar-refractivity contribution in [2.75, 3.05) is 19.8 Å². The van der Waals surface area contributed by atoms with Crippen LogP contribution in [-0.4, -0.2) is 202 Å². The van der Waals surface area contributed by atoms with E-state index in [-0.39, 0.29) is 18.3 Å². The summed E-state index contributed by atoms with van der Waals surface area (Å²) in [6.07, 6.45) is -28.4. The normalized spacial score (nSPS) is 42.0. The Labute approximate surface area is 267 Å². The highest BCUT2D eigenvalue weighted by Crippen LogP contribution is 2.34. The third kappa shape index (κ3) is 8.80. The zero-order chi connectivity index (χ0) is 35.3. The molecule has 47 heavy (non-hydrogen) atoms. The number of hydrogen-bond acceptors (Lipinski definition) is 19. The van der Waals surface area contributed by atoms with Crippen LogP contribution in [0, 0.1) is 5.92 Å². The molecule has 2 aliphatic carbocycles. The molecular formula is C27H45NO19. The molecule has 0 aromatic heterocycles. The second kappa shape index (κ2) is 17.1. The van der Waals surface area contributed by atoms with Gasteiger partial charge in [-0.1, -0.05) is 13.0 Å². The maximum atomic E-state index is 12.6. The Balaban J connectivity index is 1.66. The lowest BCUT2D eigenvalue weighted by atomic mass is 9.81. The van der Waals surface area contributed by atoms with Gasteiger partial charge in [0.25, 0.3) is 0 Å². The van der Waals surface area contributed by atoms with Crippen molar-refractivity contribution >= 4 is 12.4 Å². The van der Waals surface area contributed by atoms with Crippen molar-refractivity contribution in [1.29, 1.82) is 0 Å². The summed E-state index contributed by atoms with van der Waals surface area (Å²) in [6.45, 7) is -1.05. The van der Waals surface area contributed by atoms with E-state index in [4.69, 9.17) is 18.9 Å². The molecule has 272 valence electrons. The fourth-order valence-corrected chi connectivity index (χ4v) is 5.79. The van der Waals surface area contributed by atoms with E-state index in [0.717, 1.165) is 6.08 Å². The number of rotatable bonds is 13. The topological polar surface area (TPSA) is 346 Å². The minimum Gasteiger partial charge on any atom is -0.443 e. The van der Waals surface area contributed by atoms with Gasteiger partial charge in [0.05, 0.1) is 32.0 Å². The Hall–Kier alpha value is -1.96. The van der Waals surface area contributed by atoms with Gasteiger partial charge in [-0.3, -0.25) is 0 Å². The number of ether oxygens (including phenoxy) is 4. The van der Waals surface area contributed by atoms with Crippen molar-refractivity contribution in [2.24, 2.45) is 5.92 Å². The predicted octanol–water partition coefficient (Wildman–Crippen LogP) is -7.92. The van der Waals surface area contributed by atoms with Crippen molar-refractivity contribution in [2.45, 2.75) is 117 Å². The monoisotopic (exact) mass is 687 g/mol. The summed E-state index contributed by atoms with van der Waals surface area (Å²) in [5.41, 5.74) is -0.0653. The molecule has 1 aliphatic heterocycles. The van der Waals surface area contributed by atoms with E-state index in [0.29, 0.717) is 0 Å². The van der Waals surface area contributed by atoms with E-state index in [2.05, 4.69) is 5.32 Å². The van der Waals surface area contributed by atoms with E-state index in [9.17, 15) is 76.0 Å². The number of aliphatic hydroxyl groups is 13. The summed E-state index contributed by atoms with van der Waals surface area (Å²) in [7, 11) is 0. The molecule has 14 N–H and O–H groups in total. The molecule has 0 radical (unpaired) electrons. The van der Waals surface area contributed by atoms with Crippen LogP contribution < -0.4 is 5.32 Å². The van der Waals surface area contributed by atoms with Gasteiger partial charge in [-0.15, -0.1) is 0 Å². The fraction of sp³-hybridized carbons (Fsp3) is 0.852. The molecule has 1 saturated heterocycles. The van der Waals surface area contributed by atoms with Crippen LogP contribution in [0.5, 0.6) is 0 Å². The van der Waals surface area contributed by atoms with Crippen molar-refractivity contribution in [1.82, 2.24) is 5.32 Å². The van der Waals surface area contributed by atoms with E-state index in [1.807, 2.05) is 0 Å². The van der Waals surface area contributed by atoms with E-state index >= 15 is 0 Å². The van der Waals surface area contributed by atoms with Crippen LogP contribution in [0.4, 0.5) is 4.79 Å². The summed E-state index contributed by atoms with van der Waals surface area (Å²) in [4.78, 5) is 23.5. The highest BCUT2D eigenvalue weighted by Gasteiger charge is 2.52. The van der Waals surface area contributed by atoms with Gasteiger partial charge in [0.15, 0.2) is 12.6 Å². The minimum atomic E-state index is -2.11. The standard InChI is InChI=1S/C27H45NO19/c1-8-2-13(18(38)20(40)23(8)47-27(43)28-10-3-9(4-29)15(35)19(39)16(10)36)44-25-14(7-32)45-26(22(42)21(25)41)46-24(12(34)6-31)17(37)11(33)5-30/h3,5,8,10-26,29,31-42H,2,4,6-7H2,1H3,(H,28,43). The number of hydrogen-bond donors (Lipinski definition) is 14. The maximum Gasteiger partial charge on any atom is 0.408 e. The quantitative estimate of drug-likeness (QED) is 0.0631. The zero-order valence-corrected chi connectivity index (χ0v) is 25.1. The van der Waals surface area contributed by atoms with E-state index in [1.165, 1.54) is 6.92 Å². The van der Waals surface area contributed by atoms with E-state index in [1.54, 1.807) is 0 Å². The number of alkyl carbamates (subject to hydrolysis) is 1. The van der Waals surface area contributed by atoms with Gasteiger partial charge >= 0.3 is 6.09 Å². The first-order valence-corrected chi connectivity index (χ1v) is 14.8. The fourth-order valence-electron chi connectivity index (χ4n) is 5.79. The third-order valence-electron chi connectivity index (χ3n) is 8.59. The molecule has 1 heterocycles. The molecule has 3 rings (SSSR count). The Morgan fingerprint density at radius 2 is 1.60 bits per heavy atom. The first-order chi connectivity index (χ1) is 22.1. The smallest absolute Gasteiger partial charge is 0.408 e. The van der Waals surface area contributed by atoms with Crippen molar-refractivity contribution < 1.29 is 94.9 Å². The lowest BCUT2D eigenvalue weighted by molar-refractivity contribution is -0.339. The van der Waals surface area contributed by atoms with Crippen LogP contribution in [0.2, 0.25) is 0 Å². The largest absolute Gasteiger partial charge is 0.443 e. The summed E-state index contributed by atoms with van der Waals surface area (Å²) >= 11 is 0. The molecule has 2 fully saturated rings. The molecule has 0 spiro atoms. The molecule has 20 nitrogen and oxygen atoms in total. The summed E-state index contributed by atoms with van der Waals surface area (Å²) < 4.78 is 21.8. The zero-order valence-electron chi connectivity index (χ0n) is 25.1. The average Bonchev–Trinajstić information content (AvgIpc) is 3.06. The minimum absolute atomic E-state index is 0.0653. The number of aldehydes is 1. The Morgan fingerprint density at radius 1 is 0.957 bits per heavy atom. The SMILES string of the molecule is CC1CC(OC2C(CO)OC(OC(C(O)CO)C(O)C(O)C=O)C(O)C2O)C(O)C(O)C1OC(=O)NC1C=C(CO)C(O)C(O)C1O. The maximum absolute atomic E-state index is 12.6. The van der Waals surface area contributed by atoms with Gasteiger partial charge in [0, 0.05) is 0 Å². The number of carbonyl (C=O) groups excluding carboxylic acids is 2. The molecule has 0 bridgehead atoms. The summed E-state index contributed by atoms with van der Waals surface area (Å²) in [6, 6.07) is -1.29. The van der Waals surface area contributed by atoms with Gasteiger partial charge in [-0.25, -0.2) is 4.79 Å². The van der Waals surface area contributed by atoms with Gasteiger partial charge in [0.2, 0.25) is 0 Å². The van der Waals surface area contributed by atoms with Gasteiger partial charge in [0.1, 0.15) is 85.5 Å². The first kappa shape index (κ1) is 39.5.